The summed E-state index contributed by atoms with van der Waals surface area (Å²) in [6, 6.07) is 0. The zero-order chi connectivity index (χ0) is 40.8. The molecule has 0 aromatic rings. The first-order chi connectivity index (χ1) is 21.4. The third kappa shape index (κ3) is 63.8. The van der Waals surface area contributed by atoms with Crippen molar-refractivity contribution in [2.45, 2.75) is 124 Å². The fourth-order valence-electron chi connectivity index (χ4n) is 2.65. The number of rotatable bonds is 9. The molecule has 0 heterocycles. The van der Waals surface area contributed by atoms with Crippen LogP contribution < -0.4 is 40.9 Å². The SMILES string of the molecule is C=C([O-])OC(C)(C)C.CC(C)=CN(C)C.CN(C)C(C)(C)/C=C/C(=O)O.CN(C)C(C)(C)/C=C/C(=O)OC(C)(C)C.C[N+](C)=CC(C)(C)Br.Cl.[Br-].[Li+]. The van der Waals surface area contributed by atoms with Crippen molar-refractivity contribution in [1.82, 2.24) is 14.7 Å². The summed E-state index contributed by atoms with van der Waals surface area (Å²) in [7, 11) is 15.8. The first-order valence-corrected chi connectivity index (χ1v) is 16.9. The van der Waals surface area contributed by atoms with Gasteiger partial charge < -0.3 is 51.4 Å². The van der Waals surface area contributed by atoms with Crippen LogP contribution in [-0.4, -0.2) is 126 Å². The maximum Gasteiger partial charge on any atom is 1.00 e. The molecule has 0 radical (unpaired) electrons. The maximum atomic E-state index is 11.4. The topological polar surface area (TPSA) is 109 Å². The van der Waals surface area contributed by atoms with E-state index < -0.39 is 23.1 Å². The van der Waals surface area contributed by atoms with Crippen LogP contribution in [0.5, 0.6) is 0 Å². The van der Waals surface area contributed by atoms with Crippen LogP contribution in [0.15, 0.2) is 48.6 Å². The van der Waals surface area contributed by atoms with Gasteiger partial charge in [-0.2, -0.15) is 0 Å². The summed E-state index contributed by atoms with van der Waals surface area (Å²) in [5.74, 6) is -1.67. The Morgan fingerprint density at radius 1 is 0.750 bits per heavy atom. The number of aliphatic carboxylic acids is 1. The van der Waals surface area contributed by atoms with E-state index in [0.29, 0.717) is 0 Å². The Morgan fingerprint density at radius 2 is 1.08 bits per heavy atom. The van der Waals surface area contributed by atoms with Crippen molar-refractivity contribution in [1.29, 1.82) is 0 Å². The Morgan fingerprint density at radius 3 is 1.21 bits per heavy atom. The zero-order valence-corrected chi connectivity index (χ0v) is 41.1. The van der Waals surface area contributed by atoms with Gasteiger partial charge in [-0.25, -0.2) is 14.2 Å². The molecule has 0 aliphatic heterocycles. The predicted molar refractivity (Wildman–Crippen MR) is 219 cm³/mol. The van der Waals surface area contributed by atoms with E-state index in [4.69, 9.17) is 9.84 Å². The molecule has 0 aliphatic carbocycles. The Hall–Kier alpha value is -1.26. The van der Waals surface area contributed by atoms with E-state index in [-0.39, 0.29) is 69.6 Å². The van der Waals surface area contributed by atoms with Crippen LogP contribution in [0.2, 0.25) is 0 Å². The van der Waals surface area contributed by atoms with Crippen molar-refractivity contribution in [2.24, 2.45) is 0 Å². The molecule has 1 N–H and O–H groups in total. The third-order valence-electron chi connectivity index (χ3n) is 5.47. The van der Waals surface area contributed by atoms with Gasteiger partial charge in [-0.3, -0.25) is 0 Å². The molecule has 0 saturated heterocycles. The number of ether oxygens (including phenoxy) is 2. The molecule has 0 atom stereocenters. The fourth-order valence-corrected chi connectivity index (χ4v) is 3.06. The van der Waals surface area contributed by atoms with Crippen LogP contribution in [0, 0.1) is 0 Å². The van der Waals surface area contributed by atoms with Crippen molar-refractivity contribution >= 4 is 46.5 Å². The number of halogens is 3. The van der Waals surface area contributed by atoms with Crippen LogP contribution in [0.4, 0.5) is 0 Å². The standard InChI is InChI=1S/C12H23NO2.C8H15NO2.C6H13BrN.C6H13N.C6H12O2.BrH.ClH.Li/c1-11(2,3)15-10(14)8-9-12(4,5)13(6)7;1-8(2,9(3)4)6-5-7(10)11;1-6(2,7)5-8(3)4;1-6(2)5-7(3)4;1-5(7)8-6(2,3)4;;;/h8-9H,1-7H3;5-6H,1-4H3,(H,10,11);5H,1-4H3;5H,1-4H3;7H,1H2,2-4H3;2*1H;/q;;+1;;;;;+1/p-2/b9-8+;6-5+;;;;;;. The van der Waals surface area contributed by atoms with E-state index >= 15 is 0 Å². The van der Waals surface area contributed by atoms with Gasteiger partial charge in [-0.1, -0.05) is 61.0 Å². The Bertz CT molecular complexity index is 1080. The number of carbonyl (C=O) groups excluding carboxylic acids is 1. The average Bonchev–Trinajstić information content (AvgIpc) is 2.78. The molecule has 0 amide bonds. The van der Waals surface area contributed by atoms with E-state index in [1.165, 1.54) is 17.7 Å². The molecular formula is C38H76Br2ClLiN4O6. The summed E-state index contributed by atoms with van der Waals surface area (Å²) >= 11 is 3.48. The molecule has 10 nitrogen and oxygen atoms in total. The molecule has 0 rings (SSSR count). The van der Waals surface area contributed by atoms with E-state index in [1.807, 2.05) is 130 Å². The first kappa shape index (κ1) is 68.7. The fraction of sp³-hybridized carbons (Fsp3) is 0.711. The number of nitrogens with zero attached hydrogens (tertiary/aromatic N) is 4. The molecule has 306 valence electrons. The third-order valence-corrected chi connectivity index (χ3v) is 5.68. The maximum absolute atomic E-state index is 11.4. The summed E-state index contributed by atoms with van der Waals surface area (Å²) in [5, 5.41) is 18.5. The number of hydrogen-bond acceptors (Lipinski definition) is 8. The van der Waals surface area contributed by atoms with Gasteiger partial charge in [0.1, 0.15) is 19.7 Å². The first-order valence-electron chi connectivity index (χ1n) is 16.1. The van der Waals surface area contributed by atoms with Crippen molar-refractivity contribution in [3.8, 4) is 0 Å². The van der Waals surface area contributed by atoms with Crippen molar-refractivity contribution in [3.63, 3.8) is 0 Å². The summed E-state index contributed by atoms with van der Waals surface area (Å²) < 4.78 is 12.0. The van der Waals surface area contributed by atoms with Gasteiger partial charge in [0.15, 0.2) is 6.21 Å². The number of likely N-dealkylation sites (N-methyl/N-ethyl adjacent to an activating group) is 2. The molecule has 0 aromatic heterocycles. The normalized spacial score (nSPS) is 11.1. The summed E-state index contributed by atoms with van der Waals surface area (Å²) in [6.07, 6.45) is 10.4. The Kier molecular flexibility index (Phi) is 42.3. The number of alkyl halides is 1. The molecular weight excluding hydrogens is 811 g/mol. The van der Waals surface area contributed by atoms with Crippen LogP contribution >= 0.6 is 28.3 Å². The van der Waals surface area contributed by atoms with Gasteiger partial charge >= 0.3 is 30.8 Å². The second-order valence-corrected chi connectivity index (χ2v) is 18.1. The predicted octanol–water partition coefficient (Wildman–Crippen LogP) is 1.23. The number of carbonyl (C=O) groups is 2. The van der Waals surface area contributed by atoms with E-state index in [0.717, 1.165) is 0 Å². The Labute approximate surface area is 357 Å². The molecule has 52 heavy (non-hydrogen) atoms. The second-order valence-electron chi connectivity index (χ2n) is 16.0. The second kappa shape index (κ2) is 32.0. The molecule has 0 unspecified atom stereocenters. The number of esters is 1. The minimum absolute atomic E-state index is 0. The summed E-state index contributed by atoms with van der Waals surface area (Å²) in [6.45, 7) is 30.4. The molecule has 0 aliphatic rings. The number of hydrogen-bond donors (Lipinski definition) is 1. The van der Waals surface area contributed by atoms with Gasteiger partial charge in [0.25, 0.3) is 0 Å². The molecule has 0 bridgehead atoms. The number of allylic oxidation sites excluding steroid dienone is 1. The summed E-state index contributed by atoms with van der Waals surface area (Å²) in [5.41, 5.74) is 0.183. The van der Waals surface area contributed by atoms with Crippen LogP contribution in [0.25, 0.3) is 0 Å². The van der Waals surface area contributed by atoms with Crippen LogP contribution in [0.3, 0.4) is 0 Å². The number of carboxylic acid groups (broad SMARTS) is 1. The monoisotopic (exact) mass is 884 g/mol. The molecule has 14 heteroatoms. The van der Waals surface area contributed by atoms with Crippen molar-refractivity contribution in [3.05, 3.63) is 48.6 Å². The van der Waals surface area contributed by atoms with E-state index in [9.17, 15) is 14.7 Å². The smallest absolute Gasteiger partial charge is 1.00 e. The minimum Gasteiger partial charge on any atom is -1.00 e. The van der Waals surface area contributed by atoms with Gasteiger partial charge in [0.2, 0.25) is 0 Å². The number of carboxylic acids is 1. The van der Waals surface area contributed by atoms with Crippen LogP contribution in [-0.2, 0) is 19.1 Å². The summed E-state index contributed by atoms with van der Waals surface area (Å²) in [4.78, 5) is 27.6. The van der Waals surface area contributed by atoms with Gasteiger partial charge in [0, 0.05) is 48.9 Å². The van der Waals surface area contributed by atoms with E-state index in [2.05, 4.69) is 67.4 Å². The van der Waals surface area contributed by atoms with Crippen molar-refractivity contribution in [2.75, 3.05) is 56.4 Å². The molecule has 0 fully saturated rings. The Balaban J connectivity index is -0.0000000787. The zero-order valence-electron chi connectivity index (χ0n) is 37.1. The molecule has 0 aromatic carbocycles. The largest absolute Gasteiger partial charge is 1.00 e. The van der Waals surface area contributed by atoms with Gasteiger partial charge in [0.05, 0.1) is 4.32 Å². The van der Waals surface area contributed by atoms with Crippen molar-refractivity contribution < 1.29 is 69.7 Å². The molecule has 0 saturated carbocycles. The van der Waals surface area contributed by atoms with E-state index in [1.54, 1.807) is 26.8 Å². The average molecular weight is 887 g/mol. The molecule has 0 spiro atoms. The van der Waals surface area contributed by atoms with Gasteiger partial charge in [-0.15, -0.1) is 12.4 Å². The quantitative estimate of drug-likeness (QED) is 0.0697. The van der Waals surface area contributed by atoms with Gasteiger partial charge in [-0.05, 0) is 111 Å². The minimum atomic E-state index is -0.903. The van der Waals surface area contributed by atoms with Crippen LogP contribution in [0.1, 0.15) is 96.9 Å².